The number of fused-ring (bicyclic) bond motifs is 1. The number of aromatic nitrogens is 1. The van der Waals surface area contributed by atoms with Gasteiger partial charge in [-0.05, 0) is 26.0 Å². The van der Waals surface area contributed by atoms with Crippen LogP contribution in [-0.4, -0.2) is 24.3 Å². The topological polar surface area (TPSA) is 31.4 Å². The third-order valence-corrected chi connectivity index (χ3v) is 3.03. The number of alkyl halides is 1. The van der Waals surface area contributed by atoms with Crippen molar-refractivity contribution in [1.29, 1.82) is 0 Å². The Hall–Kier alpha value is -1.32. The van der Waals surface area contributed by atoms with Crippen molar-refractivity contribution in [2.75, 3.05) is 13.2 Å². The van der Waals surface area contributed by atoms with Crippen molar-refractivity contribution in [3.05, 3.63) is 36.0 Å². The summed E-state index contributed by atoms with van der Waals surface area (Å²) in [7, 11) is 0. The maximum atomic E-state index is 5.95. The molecular weight excluding hydrogens is 262 g/mol. The Kier molecular flexibility index (Phi) is 5.00. The monoisotopic (exact) mass is 279 g/mol. The van der Waals surface area contributed by atoms with E-state index in [1.54, 1.807) is 0 Å². The van der Waals surface area contributed by atoms with E-state index in [4.69, 9.17) is 21.1 Å². The molecule has 1 atom stereocenters. The number of hydrogen-bond donors (Lipinski definition) is 0. The van der Waals surface area contributed by atoms with Crippen LogP contribution < -0.4 is 4.74 Å². The zero-order valence-electron chi connectivity index (χ0n) is 11.2. The van der Waals surface area contributed by atoms with Crippen molar-refractivity contribution in [3.8, 4) is 5.75 Å². The molecule has 1 heterocycles. The average molecular weight is 280 g/mol. The molecule has 19 heavy (non-hydrogen) atoms. The van der Waals surface area contributed by atoms with Crippen LogP contribution >= 0.6 is 11.6 Å². The molecule has 1 unspecified atom stereocenters. The summed E-state index contributed by atoms with van der Waals surface area (Å²) < 4.78 is 11.3. The van der Waals surface area contributed by atoms with Crippen LogP contribution in [0, 0.1) is 0 Å². The Morgan fingerprint density at radius 1 is 1.32 bits per heavy atom. The molecule has 4 heteroatoms. The molecule has 0 saturated carbocycles. The Morgan fingerprint density at radius 2 is 2.11 bits per heavy atom. The van der Waals surface area contributed by atoms with E-state index in [0.29, 0.717) is 19.1 Å². The lowest BCUT2D eigenvalue weighted by molar-refractivity contribution is 0.0664. The molecule has 0 aliphatic heterocycles. The van der Waals surface area contributed by atoms with Gasteiger partial charge in [-0.15, -0.1) is 11.6 Å². The first kappa shape index (κ1) is 14.1. The number of ether oxygens (including phenoxy) is 2. The SMILES string of the molecule is CCOCC(C)Oc1cc(CCl)nc2ccccc12. The molecule has 3 nitrogen and oxygen atoms in total. The number of rotatable bonds is 6. The van der Waals surface area contributed by atoms with Crippen molar-refractivity contribution in [3.63, 3.8) is 0 Å². The summed E-state index contributed by atoms with van der Waals surface area (Å²) >= 11 is 5.88. The van der Waals surface area contributed by atoms with Crippen LogP contribution in [-0.2, 0) is 10.6 Å². The molecule has 102 valence electrons. The smallest absolute Gasteiger partial charge is 0.131 e. The maximum absolute atomic E-state index is 5.95. The molecule has 0 N–H and O–H groups in total. The molecule has 2 rings (SSSR count). The highest BCUT2D eigenvalue weighted by atomic mass is 35.5. The van der Waals surface area contributed by atoms with Crippen molar-refractivity contribution < 1.29 is 9.47 Å². The minimum Gasteiger partial charge on any atom is -0.488 e. The van der Waals surface area contributed by atoms with Crippen LogP contribution in [0.3, 0.4) is 0 Å². The standard InChI is InChI=1S/C15H18ClNO2/c1-3-18-10-11(2)19-15-8-12(9-16)17-14-7-5-4-6-13(14)15/h4-8,11H,3,9-10H2,1-2H3. The number of halogens is 1. The van der Waals surface area contributed by atoms with Gasteiger partial charge in [0.15, 0.2) is 0 Å². The van der Waals surface area contributed by atoms with Gasteiger partial charge in [0.1, 0.15) is 11.9 Å². The van der Waals surface area contributed by atoms with E-state index in [-0.39, 0.29) is 6.10 Å². The third kappa shape index (κ3) is 3.58. The van der Waals surface area contributed by atoms with Crippen LogP contribution in [0.1, 0.15) is 19.5 Å². The number of hydrogen-bond acceptors (Lipinski definition) is 3. The first-order valence-electron chi connectivity index (χ1n) is 6.43. The van der Waals surface area contributed by atoms with Gasteiger partial charge in [-0.25, -0.2) is 0 Å². The molecule has 0 amide bonds. The van der Waals surface area contributed by atoms with Gasteiger partial charge in [-0.1, -0.05) is 12.1 Å². The Bertz CT molecular complexity index is 545. The molecule has 1 aromatic carbocycles. The summed E-state index contributed by atoms with van der Waals surface area (Å²) in [4.78, 5) is 4.48. The quantitative estimate of drug-likeness (QED) is 0.754. The van der Waals surface area contributed by atoms with Gasteiger partial charge < -0.3 is 9.47 Å². The largest absolute Gasteiger partial charge is 0.488 e. The fourth-order valence-corrected chi connectivity index (χ4v) is 2.03. The normalized spacial score (nSPS) is 12.6. The molecule has 1 aromatic heterocycles. The zero-order chi connectivity index (χ0) is 13.7. The van der Waals surface area contributed by atoms with Crippen molar-refractivity contribution in [2.24, 2.45) is 0 Å². The maximum Gasteiger partial charge on any atom is 0.131 e. The lowest BCUT2D eigenvalue weighted by atomic mass is 10.2. The highest BCUT2D eigenvalue weighted by Gasteiger charge is 2.10. The first-order chi connectivity index (χ1) is 9.24. The van der Waals surface area contributed by atoms with Crippen molar-refractivity contribution >= 4 is 22.5 Å². The van der Waals surface area contributed by atoms with Crippen LogP contribution in [0.5, 0.6) is 5.75 Å². The summed E-state index contributed by atoms with van der Waals surface area (Å²) in [6.07, 6.45) is -0.00562. The zero-order valence-corrected chi connectivity index (χ0v) is 12.0. The molecule has 0 spiro atoms. The molecule has 0 aliphatic rings. The van der Waals surface area contributed by atoms with E-state index < -0.39 is 0 Å². The molecule has 0 aliphatic carbocycles. The fraction of sp³-hybridized carbons (Fsp3) is 0.400. The van der Waals surface area contributed by atoms with E-state index in [2.05, 4.69) is 4.98 Å². The predicted molar refractivity (Wildman–Crippen MR) is 77.9 cm³/mol. The second-order valence-corrected chi connectivity index (χ2v) is 4.62. The van der Waals surface area contributed by atoms with Gasteiger partial charge in [0.05, 0.1) is 23.7 Å². The van der Waals surface area contributed by atoms with Gasteiger partial charge >= 0.3 is 0 Å². The average Bonchev–Trinajstić information content (AvgIpc) is 2.44. The second kappa shape index (κ2) is 6.73. The lowest BCUT2D eigenvalue weighted by Crippen LogP contribution is -2.19. The Labute approximate surface area is 118 Å². The number of para-hydroxylation sites is 1. The van der Waals surface area contributed by atoms with Gasteiger partial charge in [-0.3, -0.25) is 4.98 Å². The predicted octanol–water partition coefficient (Wildman–Crippen LogP) is 3.78. The molecule has 2 aromatic rings. The van der Waals surface area contributed by atoms with E-state index in [1.807, 2.05) is 44.2 Å². The van der Waals surface area contributed by atoms with Gasteiger partial charge in [0.2, 0.25) is 0 Å². The van der Waals surface area contributed by atoms with E-state index in [9.17, 15) is 0 Å². The summed E-state index contributed by atoms with van der Waals surface area (Å²) in [5.41, 5.74) is 1.72. The van der Waals surface area contributed by atoms with Gasteiger partial charge in [0, 0.05) is 18.1 Å². The molecule has 0 saturated heterocycles. The van der Waals surface area contributed by atoms with Crippen LogP contribution in [0.15, 0.2) is 30.3 Å². The number of pyridine rings is 1. The first-order valence-corrected chi connectivity index (χ1v) is 6.97. The molecule has 0 bridgehead atoms. The lowest BCUT2D eigenvalue weighted by Gasteiger charge is -2.16. The summed E-state index contributed by atoms with van der Waals surface area (Å²) in [5, 5.41) is 1.000. The van der Waals surface area contributed by atoms with Gasteiger partial charge in [0.25, 0.3) is 0 Å². The Balaban J connectivity index is 2.29. The number of nitrogens with zero attached hydrogens (tertiary/aromatic N) is 1. The molecule has 0 radical (unpaired) electrons. The molecular formula is C15H18ClNO2. The summed E-state index contributed by atoms with van der Waals surface area (Å²) in [6.45, 7) is 5.23. The summed E-state index contributed by atoms with van der Waals surface area (Å²) in [5.74, 6) is 1.19. The van der Waals surface area contributed by atoms with E-state index in [1.165, 1.54) is 0 Å². The van der Waals surface area contributed by atoms with E-state index >= 15 is 0 Å². The minimum absolute atomic E-state index is 0.00562. The third-order valence-electron chi connectivity index (χ3n) is 2.75. The van der Waals surface area contributed by atoms with Crippen LogP contribution in [0.4, 0.5) is 0 Å². The van der Waals surface area contributed by atoms with E-state index in [0.717, 1.165) is 22.3 Å². The second-order valence-electron chi connectivity index (χ2n) is 4.35. The minimum atomic E-state index is -0.00562. The van der Waals surface area contributed by atoms with Crippen LogP contribution in [0.25, 0.3) is 10.9 Å². The Morgan fingerprint density at radius 3 is 2.84 bits per heavy atom. The molecule has 0 fully saturated rings. The van der Waals surface area contributed by atoms with Crippen molar-refractivity contribution in [2.45, 2.75) is 25.8 Å². The van der Waals surface area contributed by atoms with Gasteiger partial charge in [-0.2, -0.15) is 0 Å². The highest BCUT2D eigenvalue weighted by molar-refractivity contribution is 6.17. The number of benzene rings is 1. The summed E-state index contributed by atoms with van der Waals surface area (Å²) in [6, 6.07) is 9.80. The highest BCUT2D eigenvalue weighted by Crippen LogP contribution is 2.26. The fourth-order valence-electron chi connectivity index (χ4n) is 1.90. The van der Waals surface area contributed by atoms with Crippen LogP contribution in [0.2, 0.25) is 0 Å². The van der Waals surface area contributed by atoms with Crippen molar-refractivity contribution in [1.82, 2.24) is 4.98 Å².